The van der Waals surface area contributed by atoms with Crippen molar-refractivity contribution in [1.82, 2.24) is 19.9 Å². The van der Waals surface area contributed by atoms with Crippen LogP contribution in [0.4, 0.5) is 0 Å². The summed E-state index contributed by atoms with van der Waals surface area (Å²) in [4.78, 5) is 15.9. The maximum atomic E-state index is 4.61. The fourth-order valence-corrected chi connectivity index (χ4v) is 2.88. The van der Waals surface area contributed by atoms with E-state index in [1.54, 1.807) is 0 Å². The fraction of sp³-hybridized carbons (Fsp3) is 0. The summed E-state index contributed by atoms with van der Waals surface area (Å²) in [5.41, 5.74) is 7.59. The van der Waals surface area contributed by atoms with Gasteiger partial charge in [-0.05, 0) is 59.8 Å². The number of hydrogen-bond donors (Lipinski definition) is 2. The van der Waals surface area contributed by atoms with Crippen molar-refractivity contribution >= 4 is 40.3 Å². The van der Waals surface area contributed by atoms with Gasteiger partial charge in [0.2, 0.25) is 0 Å². The van der Waals surface area contributed by atoms with Crippen molar-refractivity contribution in [1.29, 1.82) is 0 Å². The number of H-pyrrole nitrogens is 2. The third-order valence-corrected chi connectivity index (χ3v) is 3.97. The van der Waals surface area contributed by atoms with E-state index in [0.717, 1.165) is 44.8 Å². The molecule has 3 aromatic heterocycles. The zero-order valence-electron chi connectivity index (χ0n) is 13.1. The minimum absolute atomic E-state index is 0. The molecule has 0 amide bonds. The third kappa shape index (κ3) is 3.24. The molecule has 0 saturated carbocycles. The third-order valence-electron chi connectivity index (χ3n) is 3.97. The molecule has 0 aromatic carbocycles. The molecule has 2 aliphatic heterocycles. The average molecular weight is 410 g/mol. The normalized spacial score (nSPS) is 12.2. The summed E-state index contributed by atoms with van der Waals surface area (Å²) < 4.78 is 0. The van der Waals surface area contributed by atoms with Crippen molar-refractivity contribution in [2.45, 2.75) is 0 Å². The number of fused-ring (bicyclic) bond motifs is 8. The van der Waals surface area contributed by atoms with Crippen LogP contribution < -0.4 is 0 Å². The SMILES string of the molecule is [C-]1=Cc2cc3nc(cc4ccc(cc5ccc(cc1n2)[nH]5)[nH]4)C=C3.[Ru+]. The van der Waals surface area contributed by atoms with E-state index in [1.807, 2.05) is 42.5 Å². The monoisotopic (exact) mass is 411 g/mol. The Morgan fingerprint density at radius 1 is 0.640 bits per heavy atom. The zero-order valence-corrected chi connectivity index (χ0v) is 14.8. The van der Waals surface area contributed by atoms with Gasteiger partial charge in [0.15, 0.2) is 0 Å². The second-order valence-corrected chi connectivity index (χ2v) is 5.82. The van der Waals surface area contributed by atoms with Crippen LogP contribution in [0.2, 0.25) is 0 Å². The van der Waals surface area contributed by atoms with Gasteiger partial charge in [0.05, 0.1) is 11.4 Å². The van der Waals surface area contributed by atoms with Crippen LogP contribution in [0.3, 0.4) is 0 Å². The first-order valence-corrected chi connectivity index (χ1v) is 7.76. The summed E-state index contributed by atoms with van der Waals surface area (Å²) in [6.45, 7) is 0. The standard InChI is InChI=1S/C20H13N4.Ru/c1-2-14-10-16-5-6-18(23-16)12-20-8-7-19(24-20)11-17-4-3-15(22-17)9-13(1)21-14;/h1-7,9-12,21,23H;/q-1;+1. The Morgan fingerprint density at radius 2 is 1.24 bits per heavy atom. The van der Waals surface area contributed by atoms with Crippen LogP contribution in [0.25, 0.3) is 40.3 Å². The van der Waals surface area contributed by atoms with Crippen molar-refractivity contribution in [3.63, 3.8) is 0 Å². The molecule has 1 radical (unpaired) electrons. The van der Waals surface area contributed by atoms with Crippen molar-refractivity contribution in [3.8, 4) is 0 Å². The Bertz CT molecular complexity index is 1080. The molecule has 0 spiro atoms. The second-order valence-electron chi connectivity index (χ2n) is 5.82. The molecule has 8 bridgehead atoms. The average Bonchev–Trinajstić information content (AvgIpc) is 3.32. The van der Waals surface area contributed by atoms with Gasteiger partial charge in [-0.2, -0.15) is 6.08 Å². The molecule has 2 aliphatic rings. The Hall–Kier alpha value is -2.78. The van der Waals surface area contributed by atoms with E-state index in [4.69, 9.17) is 0 Å². The molecule has 121 valence electrons. The summed E-state index contributed by atoms with van der Waals surface area (Å²) in [6, 6.07) is 16.3. The van der Waals surface area contributed by atoms with Gasteiger partial charge in [0.25, 0.3) is 0 Å². The molecule has 0 unspecified atom stereocenters. The topological polar surface area (TPSA) is 57.4 Å². The van der Waals surface area contributed by atoms with Gasteiger partial charge in [-0.15, -0.1) is 12.1 Å². The fourth-order valence-electron chi connectivity index (χ4n) is 2.88. The minimum atomic E-state index is 0. The van der Waals surface area contributed by atoms with Crippen LogP contribution in [0.15, 0.2) is 48.5 Å². The molecule has 4 nitrogen and oxygen atoms in total. The van der Waals surface area contributed by atoms with Crippen molar-refractivity contribution < 1.29 is 19.5 Å². The van der Waals surface area contributed by atoms with E-state index in [-0.39, 0.29) is 19.5 Å². The van der Waals surface area contributed by atoms with Crippen molar-refractivity contribution in [2.75, 3.05) is 0 Å². The van der Waals surface area contributed by atoms with Gasteiger partial charge in [-0.25, -0.2) is 0 Å². The van der Waals surface area contributed by atoms with Crippen molar-refractivity contribution in [3.05, 3.63) is 77.4 Å². The van der Waals surface area contributed by atoms with Gasteiger partial charge in [-0.3, -0.25) is 4.98 Å². The molecular weight excluding hydrogens is 397 g/mol. The number of rotatable bonds is 0. The van der Waals surface area contributed by atoms with Gasteiger partial charge in [0.1, 0.15) is 0 Å². The molecular formula is C20H13N4Ru. The molecule has 5 rings (SSSR count). The first-order valence-electron chi connectivity index (χ1n) is 7.76. The van der Waals surface area contributed by atoms with E-state index in [0.29, 0.717) is 0 Å². The van der Waals surface area contributed by atoms with Crippen LogP contribution >= 0.6 is 0 Å². The maximum Gasteiger partial charge on any atom is 1.00 e. The number of hydrogen-bond acceptors (Lipinski definition) is 2. The first kappa shape index (κ1) is 15.7. The van der Waals surface area contributed by atoms with E-state index < -0.39 is 0 Å². The van der Waals surface area contributed by atoms with Crippen LogP contribution in [0.5, 0.6) is 0 Å². The van der Waals surface area contributed by atoms with Crippen LogP contribution in [0, 0.1) is 6.08 Å². The molecule has 5 heterocycles. The van der Waals surface area contributed by atoms with E-state index >= 15 is 0 Å². The Morgan fingerprint density at radius 3 is 1.96 bits per heavy atom. The molecule has 25 heavy (non-hydrogen) atoms. The first-order chi connectivity index (χ1) is 11.8. The second kappa shape index (κ2) is 6.26. The summed E-state index contributed by atoms with van der Waals surface area (Å²) in [7, 11) is 0. The predicted octanol–water partition coefficient (Wildman–Crippen LogP) is 4.35. The van der Waals surface area contributed by atoms with Gasteiger partial charge >= 0.3 is 19.5 Å². The van der Waals surface area contributed by atoms with Crippen LogP contribution in [-0.2, 0) is 19.5 Å². The molecule has 3 aromatic rings. The molecule has 0 aliphatic carbocycles. The Kier molecular flexibility index (Phi) is 3.94. The number of aromatic amines is 2. The van der Waals surface area contributed by atoms with Crippen molar-refractivity contribution in [2.24, 2.45) is 0 Å². The van der Waals surface area contributed by atoms with Crippen LogP contribution in [0.1, 0.15) is 22.8 Å². The number of aromatic nitrogens is 4. The molecule has 0 fully saturated rings. The maximum absolute atomic E-state index is 4.61. The molecule has 2 N–H and O–H groups in total. The summed E-state index contributed by atoms with van der Waals surface area (Å²) >= 11 is 0. The van der Waals surface area contributed by atoms with Gasteiger partial charge in [-0.1, -0.05) is 11.8 Å². The minimum Gasteiger partial charge on any atom is -0.366 e. The van der Waals surface area contributed by atoms with Gasteiger partial charge in [0, 0.05) is 16.6 Å². The molecule has 0 saturated heterocycles. The summed E-state index contributed by atoms with van der Waals surface area (Å²) in [6.07, 6.45) is 9.06. The largest absolute Gasteiger partial charge is 1.00 e. The summed E-state index contributed by atoms with van der Waals surface area (Å²) in [5.74, 6) is 0. The number of nitrogens with one attached hydrogen (secondary N) is 2. The number of nitrogens with zero attached hydrogens (tertiary/aromatic N) is 2. The molecule has 5 heteroatoms. The van der Waals surface area contributed by atoms with Gasteiger partial charge < -0.3 is 15.0 Å². The van der Waals surface area contributed by atoms with Crippen LogP contribution in [-0.4, -0.2) is 19.9 Å². The van der Waals surface area contributed by atoms with E-state index in [2.05, 4.69) is 50.3 Å². The Labute approximate surface area is 157 Å². The molecule has 0 atom stereocenters. The van der Waals surface area contributed by atoms with E-state index in [9.17, 15) is 0 Å². The quantitative estimate of drug-likeness (QED) is 0.295. The smallest absolute Gasteiger partial charge is 0.366 e. The summed E-state index contributed by atoms with van der Waals surface area (Å²) in [5, 5.41) is 0. The Balaban J connectivity index is 0.00000157. The zero-order chi connectivity index (χ0) is 15.9. The van der Waals surface area contributed by atoms with E-state index in [1.165, 1.54) is 0 Å². The predicted molar refractivity (Wildman–Crippen MR) is 96.7 cm³/mol.